The first-order valence-corrected chi connectivity index (χ1v) is 13.3. The van der Waals surface area contributed by atoms with Crippen LogP contribution in [0.15, 0.2) is 36.4 Å². The molecule has 0 bridgehead atoms. The minimum Gasteiger partial charge on any atom is -0.394 e. The normalized spacial score (nSPS) is 25.9. The first-order chi connectivity index (χ1) is 17.4. The van der Waals surface area contributed by atoms with Gasteiger partial charge in [-0.2, -0.15) is 0 Å². The highest BCUT2D eigenvalue weighted by Gasteiger charge is 2.58. The van der Waals surface area contributed by atoms with Gasteiger partial charge in [0.2, 0.25) is 17.7 Å². The van der Waals surface area contributed by atoms with Gasteiger partial charge in [-0.3, -0.25) is 14.4 Å². The number of likely N-dealkylation sites (tertiary alicyclic amines) is 1. The fourth-order valence-electron chi connectivity index (χ4n) is 5.95. The molecule has 0 radical (unpaired) electrons. The van der Waals surface area contributed by atoms with E-state index in [0.29, 0.717) is 12.1 Å². The number of hydrogen-bond donors (Lipinski definition) is 3. The molecule has 36 heavy (non-hydrogen) atoms. The van der Waals surface area contributed by atoms with Gasteiger partial charge in [0.05, 0.1) is 24.5 Å². The predicted octanol–water partition coefficient (Wildman–Crippen LogP) is 3.03. The molecule has 1 aromatic carbocycles. The molecule has 0 aromatic heterocycles. The van der Waals surface area contributed by atoms with E-state index in [0.717, 1.165) is 31.6 Å². The van der Waals surface area contributed by atoms with Crippen LogP contribution < -0.4 is 15.5 Å². The van der Waals surface area contributed by atoms with Crippen molar-refractivity contribution in [3.05, 3.63) is 36.4 Å². The second kappa shape index (κ2) is 12.4. The molecule has 3 amide bonds. The van der Waals surface area contributed by atoms with Crippen molar-refractivity contribution in [1.29, 1.82) is 0 Å². The number of aliphatic hydroxyl groups excluding tert-OH is 1. The topological polar surface area (TPSA) is 102 Å². The number of aliphatic hydroxyl groups is 1. The molecule has 1 aliphatic carbocycles. The maximum Gasteiger partial charge on any atom is 0.247 e. The smallest absolute Gasteiger partial charge is 0.247 e. The molecular weight excluding hydrogens is 456 g/mol. The fraction of sp³-hybridized carbons (Fsp3) is 0.607. The number of anilines is 2. The molecule has 6 atom stereocenters. The Hall–Kier alpha value is -2.87. The molecule has 0 spiro atoms. The molecule has 0 unspecified atom stereocenters. The summed E-state index contributed by atoms with van der Waals surface area (Å²) in [5.74, 6) is -2.37. The fourth-order valence-corrected chi connectivity index (χ4v) is 5.95. The van der Waals surface area contributed by atoms with Crippen LogP contribution in [-0.4, -0.2) is 66.6 Å². The number of hydrogen-bond acceptors (Lipinski definition) is 5. The number of allylic oxidation sites excluding steroid dienone is 1. The number of nitrogens with one attached hydrogen (secondary N) is 2. The summed E-state index contributed by atoms with van der Waals surface area (Å²) < 4.78 is 0. The zero-order valence-corrected chi connectivity index (χ0v) is 22.2. The number of carbonyl (C=O) groups excluding carboxylic acids is 3. The summed E-state index contributed by atoms with van der Waals surface area (Å²) in [6.45, 7) is 9.69. The molecule has 0 saturated carbocycles. The van der Waals surface area contributed by atoms with Crippen molar-refractivity contribution >= 4 is 29.1 Å². The lowest BCUT2D eigenvalue weighted by Gasteiger charge is -2.34. The van der Waals surface area contributed by atoms with E-state index < -0.39 is 29.8 Å². The lowest BCUT2D eigenvalue weighted by Crippen LogP contribution is -2.50. The first kappa shape index (κ1) is 27.7. The molecule has 1 heterocycles. The molecule has 3 rings (SSSR count). The minimum absolute atomic E-state index is 0.0642. The maximum absolute atomic E-state index is 13.8. The second-order valence-electron chi connectivity index (χ2n) is 9.72. The van der Waals surface area contributed by atoms with E-state index in [9.17, 15) is 19.5 Å². The Balaban J connectivity index is 1.96. The van der Waals surface area contributed by atoms with Gasteiger partial charge in [0.1, 0.15) is 6.04 Å². The van der Waals surface area contributed by atoms with Gasteiger partial charge >= 0.3 is 0 Å². The zero-order chi connectivity index (χ0) is 26.4. The van der Waals surface area contributed by atoms with Crippen molar-refractivity contribution in [1.82, 2.24) is 10.2 Å². The van der Waals surface area contributed by atoms with Gasteiger partial charge in [0, 0.05) is 37.4 Å². The van der Waals surface area contributed by atoms with Gasteiger partial charge in [0.15, 0.2) is 0 Å². The van der Waals surface area contributed by atoms with Gasteiger partial charge in [-0.05, 0) is 56.9 Å². The van der Waals surface area contributed by atoms with E-state index in [2.05, 4.69) is 36.3 Å². The van der Waals surface area contributed by atoms with Crippen molar-refractivity contribution < 1.29 is 19.5 Å². The lowest BCUT2D eigenvalue weighted by molar-refractivity contribution is -0.142. The summed E-state index contributed by atoms with van der Waals surface area (Å²) in [6, 6.07) is 6.40. The summed E-state index contributed by atoms with van der Waals surface area (Å²) in [7, 11) is 1.59. The molecule has 3 N–H and O–H groups in total. The summed E-state index contributed by atoms with van der Waals surface area (Å²) in [4.78, 5) is 44.3. The number of carbonyl (C=O) groups is 3. The van der Waals surface area contributed by atoms with E-state index in [1.165, 1.54) is 0 Å². The van der Waals surface area contributed by atoms with Crippen LogP contribution in [0.2, 0.25) is 0 Å². The first-order valence-electron chi connectivity index (χ1n) is 13.3. The number of benzene rings is 1. The third kappa shape index (κ3) is 5.28. The SMILES string of the molecule is CCC[C@@H]1C=C[C@H]2[C@@H](C(=O)N([C@@H](CC)CO)[C@@H]2C(=O)Nc2ccc(N(CC)CC)cc2)[C@@H]1C(=O)NC. The molecule has 8 nitrogen and oxygen atoms in total. The van der Waals surface area contributed by atoms with Crippen LogP contribution in [0.3, 0.4) is 0 Å². The van der Waals surface area contributed by atoms with E-state index in [1.807, 2.05) is 43.3 Å². The van der Waals surface area contributed by atoms with Crippen molar-refractivity contribution in [2.45, 2.75) is 59.0 Å². The van der Waals surface area contributed by atoms with Crippen LogP contribution in [0.5, 0.6) is 0 Å². The minimum atomic E-state index is -0.798. The maximum atomic E-state index is 13.8. The van der Waals surface area contributed by atoms with Crippen LogP contribution in [0.25, 0.3) is 0 Å². The molecule has 2 aliphatic rings. The van der Waals surface area contributed by atoms with E-state index in [-0.39, 0.29) is 30.2 Å². The zero-order valence-electron chi connectivity index (χ0n) is 22.2. The van der Waals surface area contributed by atoms with Crippen molar-refractivity contribution in [2.75, 3.05) is 37.0 Å². The van der Waals surface area contributed by atoms with Gasteiger partial charge in [-0.1, -0.05) is 32.4 Å². The summed E-state index contributed by atoms with van der Waals surface area (Å²) >= 11 is 0. The Bertz CT molecular complexity index is 939. The highest BCUT2D eigenvalue weighted by atomic mass is 16.3. The van der Waals surface area contributed by atoms with Crippen molar-refractivity contribution in [2.24, 2.45) is 23.7 Å². The Morgan fingerprint density at radius 3 is 2.25 bits per heavy atom. The van der Waals surface area contributed by atoms with Crippen LogP contribution in [0.4, 0.5) is 11.4 Å². The van der Waals surface area contributed by atoms with Gasteiger partial charge in [0.25, 0.3) is 0 Å². The Labute approximate surface area is 215 Å². The Morgan fingerprint density at radius 1 is 1.06 bits per heavy atom. The number of amides is 3. The number of nitrogens with zero attached hydrogens (tertiary/aromatic N) is 2. The van der Waals surface area contributed by atoms with Gasteiger partial charge in [-0.25, -0.2) is 0 Å². The molecule has 198 valence electrons. The van der Waals surface area contributed by atoms with Crippen molar-refractivity contribution in [3.8, 4) is 0 Å². The van der Waals surface area contributed by atoms with Crippen molar-refractivity contribution in [3.63, 3.8) is 0 Å². The van der Waals surface area contributed by atoms with Gasteiger partial charge < -0.3 is 25.5 Å². The monoisotopic (exact) mass is 498 g/mol. The van der Waals surface area contributed by atoms with E-state index in [1.54, 1.807) is 11.9 Å². The average molecular weight is 499 g/mol. The Morgan fingerprint density at radius 2 is 1.72 bits per heavy atom. The highest BCUT2D eigenvalue weighted by Crippen LogP contribution is 2.46. The lowest BCUT2D eigenvalue weighted by atomic mass is 9.68. The highest BCUT2D eigenvalue weighted by molar-refractivity contribution is 6.02. The predicted molar refractivity (Wildman–Crippen MR) is 143 cm³/mol. The van der Waals surface area contributed by atoms with Crippen LogP contribution in [0.1, 0.15) is 47.0 Å². The Kier molecular flexibility index (Phi) is 9.54. The molecule has 1 saturated heterocycles. The third-order valence-electron chi connectivity index (χ3n) is 7.83. The largest absolute Gasteiger partial charge is 0.394 e. The molecular formula is C28H42N4O4. The molecule has 1 aromatic rings. The number of fused-ring (bicyclic) bond motifs is 1. The number of rotatable bonds is 11. The van der Waals surface area contributed by atoms with E-state index >= 15 is 0 Å². The van der Waals surface area contributed by atoms with Crippen LogP contribution in [0, 0.1) is 23.7 Å². The summed E-state index contributed by atoms with van der Waals surface area (Å²) in [6.07, 6.45) is 6.16. The molecule has 8 heteroatoms. The standard InChI is InChI=1S/C28H42N4O4/c1-6-10-18-11-16-22-24(23(18)26(34)29-5)28(36)32(20(7-2)17-33)25(22)27(35)30-19-12-14-21(15-13-19)31(8-3)9-4/h11-16,18,20,22-25,33H,6-10,17H2,1-5H3,(H,29,34)(H,30,35)/t18-,20+,22+,23-,24-,25+/m1/s1. The summed E-state index contributed by atoms with van der Waals surface area (Å²) in [5, 5.41) is 15.8. The third-order valence-corrected chi connectivity index (χ3v) is 7.83. The average Bonchev–Trinajstić information content (AvgIpc) is 3.18. The molecule has 1 aliphatic heterocycles. The van der Waals surface area contributed by atoms with Gasteiger partial charge in [-0.15, -0.1) is 0 Å². The summed E-state index contributed by atoms with van der Waals surface area (Å²) in [5.41, 5.74) is 1.72. The van der Waals surface area contributed by atoms with Crippen LogP contribution >= 0.6 is 0 Å². The van der Waals surface area contributed by atoms with E-state index in [4.69, 9.17) is 0 Å². The molecule has 1 fully saturated rings. The second-order valence-corrected chi connectivity index (χ2v) is 9.72. The van der Waals surface area contributed by atoms with Crippen LogP contribution in [-0.2, 0) is 14.4 Å². The quantitative estimate of drug-likeness (QED) is 0.407.